The Balaban J connectivity index is 1.21. The van der Waals surface area contributed by atoms with E-state index in [9.17, 15) is 0 Å². The van der Waals surface area contributed by atoms with E-state index in [0.717, 1.165) is 0 Å². The van der Waals surface area contributed by atoms with Crippen LogP contribution in [0.5, 0.6) is 0 Å². The number of hydrogen-bond donors (Lipinski definition) is 0. The van der Waals surface area contributed by atoms with Crippen molar-refractivity contribution < 1.29 is 17.4 Å². The van der Waals surface area contributed by atoms with E-state index in [2.05, 4.69) is 264 Å². The molecule has 2 unspecified atom stereocenters. The second kappa shape index (κ2) is 16.2. The summed E-state index contributed by atoms with van der Waals surface area (Å²) in [5.41, 5.74) is 19.6. The molecular formula is C68H62SiZr. The van der Waals surface area contributed by atoms with Gasteiger partial charge in [0.15, 0.2) is 0 Å². The van der Waals surface area contributed by atoms with Crippen molar-refractivity contribution in [2.45, 2.75) is 58.1 Å². The van der Waals surface area contributed by atoms with Gasteiger partial charge in [-0.1, -0.05) is 0 Å². The van der Waals surface area contributed by atoms with Crippen molar-refractivity contribution in [1.82, 2.24) is 0 Å². The average molecular weight is 999 g/mol. The fourth-order valence-corrected chi connectivity index (χ4v) is 32.8. The van der Waals surface area contributed by atoms with E-state index in [1.807, 2.05) is 0 Å². The van der Waals surface area contributed by atoms with Crippen LogP contribution in [0.3, 0.4) is 0 Å². The summed E-state index contributed by atoms with van der Waals surface area (Å²) in [6.45, 7) is 17.4. The Morgan fingerprint density at radius 1 is 0.314 bits per heavy atom. The molecule has 342 valence electrons. The summed E-state index contributed by atoms with van der Waals surface area (Å²) in [5.74, 6) is 0. The maximum absolute atomic E-state index is 4.55. The van der Waals surface area contributed by atoms with Crippen LogP contribution >= 0.6 is 0 Å². The molecule has 0 aromatic heterocycles. The summed E-state index contributed by atoms with van der Waals surface area (Å²) in [6.07, 6.45) is 5.41. The second-order valence-corrected chi connectivity index (χ2v) is 54.1. The van der Waals surface area contributed by atoms with Gasteiger partial charge in [-0.3, -0.25) is 0 Å². The first kappa shape index (κ1) is 45.0. The normalized spacial score (nSPS) is 16.2. The van der Waals surface area contributed by atoms with Crippen molar-refractivity contribution in [3.05, 3.63) is 228 Å². The fourth-order valence-electron chi connectivity index (χ4n) is 13.2. The molecule has 12 rings (SSSR count). The van der Waals surface area contributed by atoms with Crippen LogP contribution in [0.1, 0.15) is 71.0 Å². The van der Waals surface area contributed by atoms with Crippen molar-refractivity contribution in [3.63, 3.8) is 0 Å². The summed E-state index contributed by atoms with van der Waals surface area (Å²) >= 11 is -4.55. The first-order valence-corrected chi connectivity index (χ1v) is 39.0. The molecule has 10 aromatic carbocycles. The number of fused-ring (bicyclic) bond motifs is 6. The standard InChI is InChI=1S/2C33H27.2CH3.H2Si.Zr/c2*1-33(2,3)24-20-31-29(27-16-8-12-22-10-4-6-14-25(22)27)18-19-30(32(31)21-24)28-17-9-13-23-11-5-7-15-26(23)28;;;;/h2*4-21H,1-3H3;2*1H3;1H2;. The number of rotatable bonds is 6. The SMILES string of the molecule is CC(C)(C)C1=Cc2c(-c3cccc4ccccc34)ccc(-c3cccc4ccccc34)c2[CH]1[Zr]([CH3])([CH3])(=[SiH2])[CH]1C(C(C)(C)C)=Cc2c(-c3cccc4ccccc34)ccc(-c3cccc4ccccc34)c21. The Bertz CT molecular complexity index is 3680. The molecule has 0 aliphatic heterocycles. The van der Waals surface area contributed by atoms with Crippen molar-refractivity contribution in [1.29, 1.82) is 0 Å². The van der Waals surface area contributed by atoms with E-state index in [0.29, 0.717) is 0 Å². The molecule has 0 saturated carbocycles. The van der Waals surface area contributed by atoms with E-state index in [4.69, 9.17) is 0 Å². The molecule has 0 amide bonds. The van der Waals surface area contributed by atoms with Crippen LogP contribution in [0.2, 0.25) is 9.26 Å². The fraction of sp³-hybridized carbons (Fsp3) is 0.176. The summed E-state index contributed by atoms with van der Waals surface area (Å²) in [6, 6.07) is 73.6. The molecule has 2 heteroatoms. The molecule has 2 aliphatic carbocycles. The van der Waals surface area contributed by atoms with Gasteiger partial charge in [0.2, 0.25) is 0 Å². The molecule has 0 fully saturated rings. The van der Waals surface area contributed by atoms with Gasteiger partial charge in [-0.05, 0) is 0 Å². The molecule has 0 spiro atoms. The van der Waals surface area contributed by atoms with E-state index in [1.54, 1.807) is 11.1 Å². The van der Waals surface area contributed by atoms with Crippen molar-refractivity contribution >= 4 is 62.1 Å². The van der Waals surface area contributed by atoms with Crippen molar-refractivity contribution in [2.24, 2.45) is 10.8 Å². The maximum atomic E-state index is 2.87. The molecular weight excluding hydrogens is 936 g/mol. The zero-order chi connectivity index (χ0) is 48.3. The Labute approximate surface area is 417 Å². The predicted octanol–water partition coefficient (Wildman–Crippen LogP) is 19.0. The zero-order valence-electron chi connectivity index (χ0n) is 42.0. The van der Waals surface area contributed by atoms with E-state index in [1.165, 1.54) is 110 Å². The van der Waals surface area contributed by atoms with Gasteiger partial charge in [0.05, 0.1) is 0 Å². The van der Waals surface area contributed by atoms with E-state index >= 15 is 0 Å². The second-order valence-electron chi connectivity index (χ2n) is 23.6. The van der Waals surface area contributed by atoms with E-state index in [-0.39, 0.29) is 18.1 Å². The summed E-state index contributed by atoms with van der Waals surface area (Å²) in [7, 11) is 0. The number of benzene rings is 10. The molecule has 2 aliphatic rings. The Morgan fingerprint density at radius 2 is 0.571 bits per heavy atom. The van der Waals surface area contributed by atoms with Crippen LogP contribution in [0.4, 0.5) is 0 Å². The summed E-state index contributed by atoms with van der Waals surface area (Å²) in [4.78, 5) is 0. The van der Waals surface area contributed by atoms with Crippen molar-refractivity contribution in [2.75, 3.05) is 0 Å². The van der Waals surface area contributed by atoms with Gasteiger partial charge in [0, 0.05) is 0 Å². The molecule has 0 bridgehead atoms. The Morgan fingerprint density at radius 3 is 0.871 bits per heavy atom. The van der Waals surface area contributed by atoms with Crippen LogP contribution < -0.4 is 0 Å². The molecule has 2 atom stereocenters. The van der Waals surface area contributed by atoms with E-state index < -0.39 is 17.4 Å². The minimum absolute atomic E-state index is 0.104. The average Bonchev–Trinajstić information content (AvgIpc) is 4.00. The molecule has 0 saturated heterocycles. The van der Waals surface area contributed by atoms with Gasteiger partial charge < -0.3 is 0 Å². The molecule has 0 nitrogen and oxygen atoms in total. The quantitative estimate of drug-likeness (QED) is 0.146. The van der Waals surface area contributed by atoms with Crippen LogP contribution in [0, 0.1) is 10.8 Å². The van der Waals surface area contributed by atoms with Gasteiger partial charge in [-0.15, -0.1) is 0 Å². The molecule has 70 heavy (non-hydrogen) atoms. The third kappa shape index (κ3) is 7.07. The monoisotopic (exact) mass is 996 g/mol. The molecule has 0 N–H and O–H groups in total. The van der Waals surface area contributed by atoms with Crippen LogP contribution in [-0.4, -0.2) is 6.88 Å². The zero-order valence-corrected chi connectivity index (χ0v) is 45.9. The topological polar surface area (TPSA) is 0 Å². The Kier molecular flexibility index (Phi) is 10.4. The van der Waals surface area contributed by atoms with Crippen LogP contribution in [0.15, 0.2) is 205 Å². The molecule has 0 heterocycles. The summed E-state index contributed by atoms with van der Waals surface area (Å²) in [5, 5.41) is 10.4. The van der Waals surface area contributed by atoms with Crippen LogP contribution in [0.25, 0.3) is 99.7 Å². The van der Waals surface area contributed by atoms with Crippen LogP contribution in [-0.2, 0) is 17.4 Å². The van der Waals surface area contributed by atoms with Gasteiger partial charge >= 0.3 is 420 Å². The predicted molar refractivity (Wildman–Crippen MR) is 305 cm³/mol. The third-order valence-corrected chi connectivity index (χ3v) is 33.4. The number of hydrogen-bond acceptors (Lipinski definition) is 0. The number of allylic oxidation sites excluding steroid dienone is 2. The minimum atomic E-state index is -4.55. The molecule has 10 aromatic rings. The third-order valence-electron chi connectivity index (χ3n) is 16.3. The van der Waals surface area contributed by atoms with Gasteiger partial charge in [0.1, 0.15) is 0 Å². The Hall–Kier alpha value is -6.18. The molecule has 0 radical (unpaired) electrons. The van der Waals surface area contributed by atoms with Gasteiger partial charge in [-0.2, -0.15) is 0 Å². The first-order chi connectivity index (χ1) is 33.6. The van der Waals surface area contributed by atoms with Gasteiger partial charge in [-0.25, -0.2) is 0 Å². The first-order valence-electron chi connectivity index (χ1n) is 25.3. The van der Waals surface area contributed by atoms with Gasteiger partial charge in [0.25, 0.3) is 0 Å². The van der Waals surface area contributed by atoms with Crippen molar-refractivity contribution in [3.8, 4) is 44.5 Å². The summed E-state index contributed by atoms with van der Waals surface area (Å²) < 4.78 is 6.21.